The van der Waals surface area contributed by atoms with Gasteiger partial charge in [0.15, 0.2) is 0 Å². The molecule has 0 radical (unpaired) electrons. The van der Waals surface area contributed by atoms with Crippen molar-refractivity contribution in [1.82, 2.24) is 24.4 Å². The van der Waals surface area contributed by atoms with Crippen LogP contribution in [0.5, 0.6) is 0 Å². The zero-order valence-corrected chi connectivity index (χ0v) is 13.6. The highest BCUT2D eigenvalue weighted by atomic mass is 32.1. The highest BCUT2D eigenvalue weighted by molar-refractivity contribution is 7.20. The molecule has 0 atom stereocenters. The first kappa shape index (κ1) is 14.7. The maximum Gasteiger partial charge on any atom is 0.275 e. The van der Waals surface area contributed by atoms with Crippen molar-refractivity contribution in [3.63, 3.8) is 0 Å². The summed E-state index contributed by atoms with van der Waals surface area (Å²) in [6.07, 6.45) is 3.62. The van der Waals surface area contributed by atoms with Gasteiger partial charge in [-0.05, 0) is 12.8 Å². The lowest BCUT2D eigenvalue weighted by Gasteiger charge is -2.00. The van der Waals surface area contributed by atoms with Crippen LogP contribution in [0.3, 0.4) is 0 Å². The van der Waals surface area contributed by atoms with Crippen LogP contribution in [-0.2, 0) is 26.4 Å². The second-order valence-corrected chi connectivity index (χ2v) is 5.98. The normalized spacial score (nSPS) is 11.2. The fraction of sp³-hybridized carbons (Fsp3) is 0.429. The Morgan fingerprint density at radius 1 is 1.27 bits per heavy atom. The molecule has 0 aliphatic rings. The molecule has 3 aromatic rings. The minimum atomic E-state index is -0.137. The third-order valence-electron chi connectivity index (χ3n) is 3.42. The van der Waals surface area contributed by atoms with Crippen molar-refractivity contribution in [2.75, 3.05) is 5.32 Å². The molecular weight excluding hydrogens is 300 g/mol. The van der Waals surface area contributed by atoms with Crippen LogP contribution in [0.1, 0.15) is 30.8 Å². The number of aromatic nitrogens is 5. The van der Waals surface area contributed by atoms with Crippen LogP contribution in [0, 0.1) is 0 Å². The van der Waals surface area contributed by atoms with E-state index >= 15 is 0 Å². The molecule has 8 heteroatoms. The van der Waals surface area contributed by atoms with Crippen molar-refractivity contribution in [3.8, 4) is 0 Å². The Labute approximate surface area is 131 Å². The van der Waals surface area contributed by atoms with E-state index in [0.717, 1.165) is 29.8 Å². The van der Waals surface area contributed by atoms with Gasteiger partial charge < -0.3 is 5.32 Å². The molecule has 22 heavy (non-hydrogen) atoms. The van der Waals surface area contributed by atoms with Gasteiger partial charge in [-0.1, -0.05) is 25.2 Å². The summed E-state index contributed by atoms with van der Waals surface area (Å²) in [6.45, 7) is 4.69. The minimum Gasteiger partial charge on any atom is -0.356 e. The van der Waals surface area contributed by atoms with Crippen molar-refractivity contribution in [2.45, 2.75) is 33.2 Å². The molecule has 0 bridgehead atoms. The maximum absolute atomic E-state index is 12.0. The molecule has 0 spiro atoms. The average Bonchev–Trinajstić information content (AvgIpc) is 3.07. The fourth-order valence-corrected chi connectivity index (χ4v) is 3.13. The van der Waals surface area contributed by atoms with E-state index in [4.69, 9.17) is 0 Å². The average molecular weight is 318 g/mol. The molecule has 0 fully saturated rings. The highest BCUT2D eigenvalue weighted by Crippen LogP contribution is 2.18. The van der Waals surface area contributed by atoms with Crippen molar-refractivity contribution >= 4 is 21.4 Å². The van der Waals surface area contributed by atoms with E-state index in [1.807, 2.05) is 24.9 Å². The van der Waals surface area contributed by atoms with Crippen molar-refractivity contribution < 1.29 is 0 Å². The lowest BCUT2D eigenvalue weighted by molar-refractivity contribution is 0.746. The van der Waals surface area contributed by atoms with E-state index in [1.165, 1.54) is 21.9 Å². The summed E-state index contributed by atoms with van der Waals surface area (Å²) >= 11 is 1.38. The van der Waals surface area contributed by atoms with Crippen LogP contribution in [0.2, 0.25) is 0 Å². The van der Waals surface area contributed by atoms with E-state index < -0.39 is 0 Å². The Balaban J connectivity index is 1.85. The van der Waals surface area contributed by atoms with Crippen LogP contribution in [-0.4, -0.2) is 24.4 Å². The van der Waals surface area contributed by atoms with Crippen LogP contribution in [0.25, 0.3) is 4.96 Å². The minimum absolute atomic E-state index is 0.137. The van der Waals surface area contributed by atoms with Gasteiger partial charge in [0.1, 0.15) is 0 Å². The van der Waals surface area contributed by atoms with E-state index in [1.54, 1.807) is 0 Å². The van der Waals surface area contributed by atoms with Gasteiger partial charge in [-0.2, -0.15) is 9.61 Å². The van der Waals surface area contributed by atoms with Gasteiger partial charge in [0, 0.05) is 37.1 Å². The molecule has 116 valence electrons. The third-order valence-corrected chi connectivity index (χ3v) is 4.28. The summed E-state index contributed by atoms with van der Waals surface area (Å²) in [5.41, 5.74) is 2.86. The number of rotatable bonds is 5. The molecule has 0 saturated heterocycles. The second kappa shape index (κ2) is 5.88. The van der Waals surface area contributed by atoms with Gasteiger partial charge in [-0.25, -0.2) is 4.98 Å². The quantitative estimate of drug-likeness (QED) is 0.773. The number of hydrogen-bond acceptors (Lipinski definition) is 6. The van der Waals surface area contributed by atoms with Gasteiger partial charge in [-0.3, -0.25) is 9.48 Å². The first-order valence-corrected chi connectivity index (χ1v) is 8.07. The van der Waals surface area contributed by atoms with Crippen molar-refractivity contribution in [2.24, 2.45) is 7.05 Å². The smallest absolute Gasteiger partial charge is 0.275 e. The predicted molar refractivity (Wildman–Crippen MR) is 86.4 cm³/mol. The van der Waals surface area contributed by atoms with Crippen molar-refractivity contribution in [3.05, 3.63) is 39.6 Å². The number of fused-ring (bicyclic) bond motifs is 1. The first-order chi connectivity index (χ1) is 10.6. The SMILES string of the molecule is CCc1cc(=O)n2nc(NCc3cn(C)nc3CC)sc2n1. The van der Waals surface area contributed by atoms with Gasteiger partial charge in [-0.15, -0.1) is 5.10 Å². The standard InChI is InChI=1S/C14H18N6OS/c1-4-10-6-12(21)20-14(16-10)22-13(18-20)15-7-9-8-19(3)17-11(9)5-2/h6,8H,4-5,7H2,1-3H3,(H,15,18). The maximum atomic E-state index is 12.0. The number of nitrogens with zero attached hydrogens (tertiary/aromatic N) is 5. The topological polar surface area (TPSA) is 77.1 Å². The number of aryl methyl sites for hydroxylation is 3. The van der Waals surface area contributed by atoms with Crippen LogP contribution < -0.4 is 10.9 Å². The molecule has 7 nitrogen and oxygen atoms in total. The Morgan fingerprint density at radius 3 is 2.82 bits per heavy atom. The Morgan fingerprint density at radius 2 is 2.09 bits per heavy atom. The summed E-state index contributed by atoms with van der Waals surface area (Å²) < 4.78 is 3.16. The number of hydrogen-bond donors (Lipinski definition) is 1. The van der Waals surface area contributed by atoms with E-state index in [0.29, 0.717) is 16.6 Å². The lowest BCUT2D eigenvalue weighted by atomic mass is 10.2. The van der Waals surface area contributed by atoms with E-state index in [2.05, 4.69) is 27.4 Å². The molecule has 3 rings (SSSR count). The predicted octanol–water partition coefficient (Wildman–Crippen LogP) is 1.62. The Hall–Kier alpha value is -2.22. The van der Waals surface area contributed by atoms with E-state index in [-0.39, 0.29) is 5.56 Å². The largest absolute Gasteiger partial charge is 0.356 e. The summed E-state index contributed by atoms with van der Waals surface area (Å²) in [6, 6.07) is 1.53. The third kappa shape index (κ3) is 2.74. The molecular formula is C14H18N6OS. The second-order valence-electron chi connectivity index (χ2n) is 5.02. The molecule has 0 aromatic carbocycles. The summed E-state index contributed by atoms with van der Waals surface area (Å²) in [4.78, 5) is 17.0. The Kier molecular flexibility index (Phi) is 3.93. The van der Waals surface area contributed by atoms with Gasteiger partial charge in [0.25, 0.3) is 5.56 Å². The van der Waals surface area contributed by atoms with Crippen molar-refractivity contribution in [1.29, 1.82) is 0 Å². The molecule has 0 aliphatic carbocycles. The zero-order chi connectivity index (χ0) is 15.7. The fourth-order valence-electron chi connectivity index (χ4n) is 2.31. The molecule has 3 heterocycles. The Bertz CT molecular complexity index is 862. The molecule has 0 aliphatic heterocycles. The summed E-state index contributed by atoms with van der Waals surface area (Å²) in [5, 5.41) is 12.6. The molecule has 3 aromatic heterocycles. The van der Waals surface area contributed by atoms with Crippen LogP contribution in [0.15, 0.2) is 17.1 Å². The van der Waals surface area contributed by atoms with Gasteiger partial charge in [0.2, 0.25) is 10.1 Å². The summed E-state index contributed by atoms with van der Waals surface area (Å²) in [7, 11) is 1.91. The molecule has 0 amide bonds. The summed E-state index contributed by atoms with van der Waals surface area (Å²) in [5.74, 6) is 0. The van der Waals surface area contributed by atoms with Gasteiger partial charge >= 0.3 is 0 Å². The molecule has 0 unspecified atom stereocenters. The van der Waals surface area contributed by atoms with Crippen LogP contribution in [0.4, 0.5) is 5.13 Å². The van der Waals surface area contributed by atoms with Crippen LogP contribution >= 0.6 is 11.3 Å². The number of nitrogens with one attached hydrogen (secondary N) is 1. The zero-order valence-electron chi connectivity index (χ0n) is 12.8. The molecule has 0 saturated carbocycles. The molecule has 1 N–H and O–H groups in total. The highest BCUT2D eigenvalue weighted by Gasteiger charge is 2.10. The first-order valence-electron chi connectivity index (χ1n) is 7.25. The van der Waals surface area contributed by atoms with E-state index in [9.17, 15) is 4.79 Å². The monoisotopic (exact) mass is 318 g/mol. The van der Waals surface area contributed by atoms with Gasteiger partial charge in [0.05, 0.1) is 5.69 Å². The number of anilines is 1. The lowest BCUT2D eigenvalue weighted by Crippen LogP contribution is -2.15.